The third-order valence-corrected chi connectivity index (χ3v) is 3.76. The number of carbonyl (C=O) groups excluding carboxylic acids is 1. The monoisotopic (exact) mass is 263 g/mol. The van der Waals surface area contributed by atoms with Crippen LogP contribution in [0.3, 0.4) is 0 Å². The van der Waals surface area contributed by atoms with Crippen molar-refractivity contribution in [2.45, 2.75) is 39.2 Å². The van der Waals surface area contributed by atoms with Gasteiger partial charge in [-0.25, -0.2) is 0 Å². The first kappa shape index (κ1) is 15.7. The first-order valence-corrected chi connectivity index (χ1v) is 6.91. The van der Waals surface area contributed by atoms with E-state index in [9.17, 15) is 4.79 Å². The highest BCUT2D eigenvalue weighted by molar-refractivity contribution is 6.05. The molecular weight excluding hydrogens is 238 g/mol. The van der Waals surface area contributed by atoms with E-state index in [1.165, 1.54) is 0 Å². The predicted molar refractivity (Wildman–Crippen MR) is 78.9 cm³/mol. The van der Waals surface area contributed by atoms with E-state index in [2.05, 4.69) is 6.92 Å². The summed E-state index contributed by atoms with van der Waals surface area (Å²) in [6.07, 6.45) is 1.70. The van der Waals surface area contributed by atoms with Crippen LogP contribution in [0, 0.1) is 0 Å². The van der Waals surface area contributed by atoms with Gasteiger partial charge in [0.2, 0.25) is 0 Å². The maximum atomic E-state index is 12.8. The number of ketones is 1. The Morgan fingerprint density at radius 1 is 1.26 bits per heavy atom. The number of para-hydroxylation sites is 1. The standard InChI is InChI=1S/C16H25NO2/c1-6-12-19-14-11-9-8-10-13(14)15(18)16(3,7-2)17(4)5/h8-11H,6-7,12H2,1-5H3. The van der Waals surface area contributed by atoms with E-state index >= 15 is 0 Å². The van der Waals surface area contributed by atoms with Crippen LogP contribution in [-0.4, -0.2) is 36.9 Å². The number of ether oxygens (including phenoxy) is 1. The molecule has 0 aliphatic heterocycles. The lowest BCUT2D eigenvalue weighted by molar-refractivity contribution is 0.0706. The number of likely N-dealkylation sites (N-methyl/N-ethyl adjacent to an activating group) is 1. The number of Topliss-reactive ketones (excluding diaryl/α,β-unsaturated/α-hetero) is 1. The van der Waals surface area contributed by atoms with Gasteiger partial charge >= 0.3 is 0 Å². The number of carbonyl (C=O) groups is 1. The molecule has 19 heavy (non-hydrogen) atoms. The van der Waals surface area contributed by atoms with Gasteiger partial charge in [0.1, 0.15) is 5.75 Å². The predicted octanol–water partition coefficient (Wildman–Crippen LogP) is 3.39. The van der Waals surface area contributed by atoms with Crippen LogP contribution in [0.4, 0.5) is 0 Å². The van der Waals surface area contributed by atoms with Crippen molar-refractivity contribution in [1.82, 2.24) is 4.90 Å². The second-order valence-electron chi connectivity index (χ2n) is 5.20. The Morgan fingerprint density at radius 2 is 1.89 bits per heavy atom. The zero-order chi connectivity index (χ0) is 14.5. The lowest BCUT2D eigenvalue weighted by Gasteiger charge is -2.34. The van der Waals surface area contributed by atoms with E-state index in [0.717, 1.165) is 12.8 Å². The molecule has 0 amide bonds. The number of hydrogen-bond donors (Lipinski definition) is 0. The summed E-state index contributed by atoms with van der Waals surface area (Å²) in [4.78, 5) is 14.8. The molecule has 0 spiro atoms. The minimum atomic E-state index is -0.494. The molecule has 0 heterocycles. The number of benzene rings is 1. The number of hydrogen-bond acceptors (Lipinski definition) is 3. The van der Waals surface area contributed by atoms with E-state index in [1.54, 1.807) is 0 Å². The summed E-state index contributed by atoms with van der Waals surface area (Å²) < 4.78 is 5.69. The van der Waals surface area contributed by atoms with Gasteiger partial charge in [-0.15, -0.1) is 0 Å². The quantitative estimate of drug-likeness (QED) is 0.706. The highest BCUT2D eigenvalue weighted by Crippen LogP contribution is 2.27. The third kappa shape index (κ3) is 3.35. The highest BCUT2D eigenvalue weighted by Gasteiger charge is 2.35. The van der Waals surface area contributed by atoms with Crippen LogP contribution in [0.1, 0.15) is 44.0 Å². The Bertz CT molecular complexity index is 429. The van der Waals surface area contributed by atoms with Crippen molar-refractivity contribution in [3.05, 3.63) is 29.8 Å². The molecule has 0 aliphatic carbocycles. The third-order valence-electron chi connectivity index (χ3n) is 3.76. The van der Waals surface area contributed by atoms with E-state index in [-0.39, 0.29) is 5.78 Å². The van der Waals surface area contributed by atoms with Gasteiger partial charge < -0.3 is 4.74 Å². The molecule has 0 saturated carbocycles. The lowest BCUT2D eigenvalue weighted by atomic mass is 9.87. The molecule has 0 bridgehead atoms. The Kier molecular flexibility index (Phi) is 5.55. The second-order valence-corrected chi connectivity index (χ2v) is 5.20. The molecule has 0 aromatic heterocycles. The summed E-state index contributed by atoms with van der Waals surface area (Å²) in [5, 5.41) is 0. The SMILES string of the molecule is CCCOc1ccccc1C(=O)C(C)(CC)N(C)C. The van der Waals surface area contributed by atoms with Gasteiger partial charge in [-0.3, -0.25) is 9.69 Å². The topological polar surface area (TPSA) is 29.5 Å². The molecule has 1 aromatic rings. The minimum absolute atomic E-state index is 0.117. The van der Waals surface area contributed by atoms with Gasteiger partial charge in [0.15, 0.2) is 5.78 Å². The van der Waals surface area contributed by atoms with Gasteiger partial charge in [-0.1, -0.05) is 26.0 Å². The second kappa shape index (κ2) is 6.71. The van der Waals surface area contributed by atoms with Crippen LogP contribution in [0.15, 0.2) is 24.3 Å². The molecule has 0 fully saturated rings. The Morgan fingerprint density at radius 3 is 2.42 bits per heavy atom. The van der Waals surface area contributed by atoms with Crippen molar-refractivity contribution in [2.75, 3.05) is 20.7 Å². The van der Waals surface area contributed by atoms with Crippen LogP contribution in [0.5, 0.6) is 5.75 Å². The van der Waals surface area contributed by atoms with Crippen LogP contribution >= 0.6 is 0 Å². The maximum Gasteiger partial charge on any atom is 0.186 e. The fraction of sp³-hybridized carbons (Fsp3) is 0.562. The average Bonchev–Trinajstić information content (AvgIpc) is 2.43. The summed E-state index contributed by atoms with van der Waals surface area (Å²) in [6.45, 7) is 6.70. The maximum absolute atomic E-state index is 12.8. The van der Waals surface area contributed by atoms with Gasteiger partial charge in [0, 0.05) is 0 Å². The van der Waals surface area contributed by atoms with E-state index < -0.39 is 5.54 Å². The van der Waals surface area contributed by atoms with E-state index in [1.807, 2.05) is 57.1 Å². The molecule has 3 nitrogen and oxygen atoms in total. The molecular formula is C16H25NO2. The van der Waals surface area contributed by atoms with Gasteiger partial charge in [0.05, 0.1) is 17.7 Å². The van der Waals surface area contributed by atoms with Crippen molar-refractivity contribution >= 4 is 5.78 Å². The van der Waals surface area contributed by atoms with Gasteiger partial charge in [-0.05, 0) is 46.0 Å². The van der Waals surface area contributed by atoms with Crippen LogP contribution in [0.25, 0.3) is 0 Å². The van der Waals surface area contributed by atoms with Crippen molar-refractivity contribution in [3.8, 4) is 5.75 Å². The van der Waals surface area contributed by atoms with E-state index in [4.69, 9.17) is 4.74 Å². The average molecular weight is 263 g/mol. The molecule has 1 unspecified atom stereocenters. The minimum Gasteiger partial charge on any atom is -0.493 e. The van der Waals surface area contributed by atoms with Crippen molar-refractivity contribution in [1.29, 1.82) is 0 Å². The number of rotatable bonds is 7. The normalized spacial score (nSPS) is 14.2. The molecule has 0 N–H and O–H groups in total. The summed E-state index contributed by atoms with van der Waals surface area (Å²) >= 11 is 0. The Hall–Kier alpha value is -1.35. The summed E-state index contributed by atoms with van der Waals surface area (Å²) in [5.41, 5.74) is 0.181. The van der Waals surface area contributed by atoms with Crippen LogP contribution in [-0.2, 0) is 0 Å². The molecule has 1 atom stereocenters. The molecule has 0 radical (unpaired) electrons. The van der Waals surface area contributed by atoms with Gasteiger partial charge in [-0.2, -0.15) is 0 Å². The first-order valence-electron chi connectivity index (χ1n) is 6.91. The fourth-order valence-electron chi connectivity index (χ4n) is 1.96. The first-order chi connectivity index (χ1) is 8.97. The molecule has 106 valence electrons. The zero-order valence-electron chi connectivity index (χ0n) is 12.7. The van der Waals surface area contributed by atoms with Gasteiger partial charge in [0.25, 0.3) is 0 Å². The zero-order valence-corrected chi connectivity index (χ0v) is 12.7. The van der Waals surface area contributed by atoms with E-state index in [0.29, 0.717) is 17.9 Å². The van der Waals surface area contributed by atoms with Crippen LogP contribution < -0.4 is 4.74 Å². The summed E-state index contributed by atoms with van der Waals surface area (Å²) in [5.74, 6) is 0.808. The van der Waals surface area contributed by atoms with Crippen molar-refractivity contribution < 1.29 is 9.53 Å². The summed E-state index contributed by atoms with van der Waals surface area (Å²) in [6, 6.07) is 7.51. The largest absolute Gasteiger partial charge is 0.493 e. The highest BCUT2D eigenvalue weighted by atomic mass is 16.5. The Balaban J connectivity index is 3.11. The Labute approximate surface area is 116 Å². The van der Waals surface area contributed by atoms with Crippen molar-refractivity contribution in [3.63, 3.8) is 0 Å². The smallest absolute Gasteiger partial charge is 0.186 e. The number of nitrogens with zero attached hydrogens (tertiary/aromatic N) is 1. The fourth-order valence-corrected chi connectivity index (χ4v) is 1.96. The summed E-state index contributed by atoms with van der Waals surface area (Å²) in [7, 11) is 3.88. The molecule has 0 aliphatic rings. The van der Waals surface area contributed by atoms with Crippen molar-refractivity contribution in [2.24, 2.45) is 0 Å². The van der Waals surface area contributed by atoms with Crippen LogP contribution in [0.2, 0.25) is 0 Å². The molecule has 0 saturated heterocycles. The molecule has 1 aromatic carbocycles. The molecule has 3 heteroatoms. The molecule has 1 rings (SSSR count). The lowest BCUT2D eigenvalue weighted by Crippen LogP contribution is -2.48.